The highest BCUT2D eigenvalue weighted by atomic mass is 16.2. The Morgan fingerprint density at radius 1 is 1.31 bits per heavy atom. The summed E-state index contributed by atoms with van der Waals surface area (Å²) < 4.78 is 0. The molecule has 0 aliphatic carbocycles. The first-order valence-electron chi connectivity index (χ1n) is 5.99. The molecule has 2 aliphatic heterocycles. The molecule has 2 heterocycles. The summed E-state index contributed by atoms with van der Waals surface area (Å²) in [4.78, 5) is 25.5. The molecule has 2 saturated heterocycles. The first kappa shape index (κ1) is 11.4. The van der Waals surface area contributed by atoms with Crippen LogP contribution in [0.5, 0.6) is 0 Å². The van der Waals surface area contributed by atoms with Crippen LogP contribution in [0.3, 0.4) is 0 Å². The molecule has 5 nitrogen and oxygen atoms in total. The van der Waals surface area contributed by atoms with Crippen molar-refractivity contribution < 1.29 is 9.59 Å². The molecule has 0 aromatic rings. The fourth-order valence-electron chi connectivity index (χ4n) is 2.57. The van der Waals surface area contributed by atoms with Gasteiger partial charge >= 0.3 is 0 Å². The number of hydrogen-bond donors (Lipinski definition) is 2. The number of carbonyl (C=O) groups is 2. The van der Waals surface area contributed by atoms with Gasteiger partial charge in [0, 0.05) is 13.6 Å². The zero-order valence-electron chi connectivity index (χ0n) is 9.66. The van der Waals surface area contributed by atoms with E-state index in [4.69, 9.17) is 0 Å². The van der Waals surface area contributed by atoms with Crippen LogP contribution in [0.1, 0.15) is 25.7 Å². The van der Waals surface area contributed by atoms with E-state index in [1.807, 2.05) is 0 Å². The second-order valence-electron chi connectivity index (χ2n) is 4.45. The molecule has 2 rings (SSSR count). The van der Waals surface area contributed by atoms with Gasteiger partial charge < -0.3 is 15.5 Å². The summed E-state index contributed by atoms with van der Waals surface area (Å²) in [6.07, 6.45) is 3.67. The van der Waals surface area contributed by atoms with Crippen molar-refractivity contribution >= 4 is 11.8 Å². The molecule has 16 heavy (non-hydrogen) atoms. The minimum atomic E-state index is -0.250. The van der Waals surface area contributed by atoms with E-state index < -0.39 is 0 Å². The highest BCUT2D eigenvalue weighted by Gasteiger charge is 2.37. The minimum Gasteiger partial charge on any atom is -0.357 e. The van der Waals surface area contributed by atoms with E-state index in [-0.39, 0.29) is 23.9 Å². The van der Waals surface area contributed by atoms with Crippen LogP contribution in [0.4, 0.5) is 0 Å². The van der Waals surface area contributed by atoms with Crippen molar-refractivity contribution in [1.82, 2.24) is 15.5 Å². The Hall–Kier alpha value is -1.10. The third kappa shape index (κ3) is 2.04. The molecule has 0 bridgehead atoms. The summed E-state index contributed by atoms with van der Waals surface area (Å²) in [5.74, 6) is 0.0625. The van der Waals surface area contributed by atoms with Crippen LogP contribution in [0, 0.1) is 0 Å². The molecule has 1 unspecified atom stereocenters. The van der Waals surface area contributed by atoms with Gasteiger partial charge in [-0.1, -0.05) is 0 Å². The van der Waals surface area contributed by atoms with Crippen molar-refractivity contribution in [1.29, 1.82) is 0 Å². The highest BCUT2D eigenvalue weighted by molar-refractivity contribution is 5.90. The van der Waals surface area contributed by atoms with Crippen LogP contribution in [-0.2, 0) is 9.59 Å². The van der Waals surface area contributed by atoms with Crippen LogP contribution in [0.2, 0.25) is 0 Å². The molecule has 90 valence electrons. The van der Waals surface area contributed by atoms with E-state index >= 15 is 0 Å². The van der Waals surface area contributed by atoms with Crippen LogP contribution >= 0.6 is 0 Å². The van der Waals surface area contributed by atoms with E-state index in [0.29, 0.717) is 0 Å². The van der Waals surface area contributed by atoms with Gasteiger partial charge in [-0.25, -0.2) is 0 Å². The summed E-state index contributed by atoms with van der Waals surface area (Å²) in [5.41, 5.74) is 0. The van der Waals surface area contributed by atoms with Gasteiger partial charge in [0.15, 0.2) is 0 Å². The largest absolute Gasteiger partial charge is 0.357 e. The van der Waals surface area contributed by atoms with Crippen molar-refractivity contribution in [3.63, 3.8) is 0 Å². The Morgan fingerprint density at radius 3 is 2.75 bits per heavy atom. The topological polar surface area (TPSA) is 61.4 Å². The minimum absolute atomic E-state index is 0.0381. The number of carbonyl (C=O) groups excluding carboxylic acids is 2. The first-order valence-corrected chi connectivity index (χ1v) is 5.99. The summed E-state index contributed by atoms with van der Waals surface area (Å²) in [6, 6.07) is -0.315. The average Bonchev–Trinajstić information content (AvgIpc) is 2.97. The molecule has 2 N–H and O–H groups in total. The van der Waals surface area contributed by atoms with Crippen molar-refractivity contribution in [2.24, 2.45) is 0 Å². The SMILES string of the molecule is CNC(=O)C1CCCN1C(=O)[C@H]1CCCN1. The van der Waals surface area contributed by atoms with Crippen molar-refractivity contribution in [3.8, 4) is 0 Å². The standard InChI is InChI=1S/C11H19N3O2/c1-12-10(15)9-5-3-7-14(9)11(16)8-4-2-6-13-8/h8-9,13H,2-7H2,1H3,(H,12,15)/t8-,9?/m1/s1. The first-order chi connectivity index (χ1) is 7.74. The van der Waals surface area contributed by atoms with Gasteiger partial charge in [-0.3, -0.25) is 9.59 Å². The summed E-state index contributed by atoms with van der Waals surface area (Å²) in [7, 11) is 1.62. The molecule has 0 radical (unpaired) electrons. The van der Waals surface area contributed by atoms with Crippen molar-refractivity contribution in [2.45, 2.75) is 37.8 Å². The quantitative estimate of drug-likeness (QED) is 0.664. The average molecular weight is 225 g/mol. The van der Waals surface area contributed by atoms with E-state index in [9.17, 15) is 9.59 Å². The van der Waals surface area contributed by atoms with Crippen molar-refractivity contribution in [3.05, 3.63) is 0 Å². The number of hydrogen-bond acceptors (Lipinski definition) is 3. The second kappa shape index (κ2) is 4.82. The number of likely N-dealkylation sites (tertiary alicyclic amines) is 1. The van der Waals surface area contributed by atoms with E-state index in [1.54, 1.807) is 11.9 Å². The molecule has 2 amide bonds. The monoisotopic (exact) mass is 225 g/mol. The van der Waals surface area contributed by atoms with Crippen molar-refractivity contribution in [2.75, 3.05) is 20.1 Å². The normalized spacial score (nSPS) is 29.4. The summed E-state index contributed by atoms with van der Waals surface area (Å²) >= 11 is 0. The fourth-order valence-corrected chi connectivity index (χ4v) is 2.57. The third-order valence-corrected chi connectivity index (χ3v) is 3.44. The lowest BCUT2D eigenvalue weighted by atomic mass is 10.1. The Bertz CT molecular complexity index is 287. The lowest BCUT2D eigenvalue weighted by molar-refractivity contribution is -0.139. The van der Waals surface area contributed by atoms with Gasteiger partial charge in [-0.2, -0.15) is 0 Å². The van der Waals surface area contributed by atoms with Crippen LogP contribution < -0.4 is 10.6 Å². The second-order valence-corrected chi connectivity index (χ2v) is 4.45. The predicted octanol–water partition coefficient (Wildman–Crippen LogP) is -0.525. The van der Waals surface area contributed by atoms with Crippen LogP contribution in [0.25, 0.3) is 0 Å². The zero-order chi connectivity index (χ0) is 11.5. The molecule has 5 heteroatoms. The van der Waals surface area contributed by atoms with Crippen LogP contribution in [-0.4, -0.2) is 48.9 Å². The van der Waals surface area contributed by atoms with Gasteiger partial charge in [0.05, 0.1) is 6.04 Å². The molecule has 2 aliphatic rings. The van der Waals surface area contributed by atoms with Gasteiger partial charge in [-0.05, 0) is 32.2 Å². The van der Waals surface area contributed by atoms with E-state index in [1.165, 1.54) is 0 Å². The van der Waals surface area contributed by atoms with Gasteiger partial charge in [0.2, 0.25) is 11.8 Å². The maximum atomic E-state index is 12.2. The summed E-state index contributed by atoms with van der Waals surface area (Å²) in [5, 5.41) is 5.82. The predicted molar refractivity (Wildman–Crippen MR) is 59.8 cm³/mol. The molecule has 0 aromatic heterocycles. The molecule has 2 fully saturated rings. The molecular formula is C11H19N3O2. The maximum absolute atomic E-state index is 12.2. The Balaban J connectivity index is 2.01. The van der Waals surface area contributed by atoms with Crippen LogP contribution in [0.15, 0.2) is 0 Å². The molecular weight excluding hydrogens is 206 g/mol. The van der Waals surface area contributed by atoms with Gasteiger partial charge in [0.1, 0.15) is 6.04 Å². The van der Waals surface area contributed by atoms with E-state index in [2.05, 4.69) is 10.6 Å². The number of amides is 2. The molecule has 0 spiro atoms. The van der Waals surface area contributed by atoms with Gasteiger partial charge in [0.25, 0.3) is 0 Å². The number of likely N-dealkylation sites (N-methyl/N-ethyl adjacent to an activating group) is 1. The summed E-state index contributed by atoms with van der Waals surface area (Å²) in [6.45, 7) is 1.63. The third-order valence-electron chi connectivity index (χ3n) is 3.44. The number of nitrogens with one attached hydrogen (secondary N) is 2. The van der Waals surface area contributed by atoms with Gasteiger partial charge in [-0.15, -0.1) is 0 Å². The zero-order valence-corrected chi connectivity index (χ0v) is 9.66. The maximum Gasteiger partial charge on any atom is 0.242 e. The lowest BCUT2D eigenvalue weighted by Gasteiger charge is -2.26. The Labute approximate surface area is 95.6 Å². The highest BCUT2D eigenvalue weighted by Crippen LogP contribution is 2.20. The Morgan fingerprint density at radius 2 is 2.12 bits per heavy atom. The lowest BCUT2D eigenvalue weighted by Crippen LogP contribution is -2.50. The fraction of sp³-hybridized carbons (Fsp3) is 0.818. The molecule has 0 saturated carbocycles. The number of rotatable bonds is 2. The number of nitrogens with zero attached hydrogens (tertiary/aromatic N) is 1. The molecule has 0 aromatic carbocycles. The van der Waals surface area contributed by atoms with E-state index in [0.717, 1.165) is 38.8 Å². The smallest absolute Gasteiger partial charge is 0.242 e. The Kier molecular flexibility index (Phi) is 3.43. The molecule has 2 atom stereocenters.